The zero-order chi connectivity index (χ0) is 11.5. The van der Waals surface area contributed by atoms with Gasteiger partial charge in [0, 0.05) is 7.05 Å². The van der Waals surface area contributed by atoms with Crippen LogP contribution in [0.5, 0.6) is 11.5 Å². The Bertz CT molecular complexity index is 362. The first-order valence-corrected chi connectivity index (χ1v) is 6.09. The molecule has 1 aromatic rings. The van der Waals surface area contributed by atoms with E-state index in [4.69, 9.17) is 14.6 Å². The maximum Gasteiger partial charge on any atom is 0.161 e. The van der Waals surface area contributed by atoms with Gasteiger partial charge in [0.25, 0.3) is 0 Å². The Morgan fingerprint density at radius 1 is 1.50 bits per heavy atom. The van der Waals surface area contributed by atoms with Gasteiger partial charge in [0.05, 0.1) is 6.54 Å². The van der Waals surface area contributed by atoms with Gasteiger partial charge in [-0.05, 0) is 12.1 Å². The first kappa shape index (κ1) is 11.5. The van der Waals surface area contributed by atoms with E-state index in [1.165, 1.54) is 4.31 Å². The molecule has 1 aliphatic heterocycles. The topological polar surface area (TPSA) is 70.8 Å². The van der Waals surface area contributed by atoms with Crippen LogP contribution in [0, 0.1) is 0 Å². The molecule has 0 bridgehead atoms. The number of fused-ring (bicyclic) bond motifs is 1. The SMILES string of the molecule is CN(CC1COc2ccccc2O1)[S+](N)[O-]. The van der Waals surface area contributed by atoms with E-state index < -0.39 is 11.5 Å². The van der Waals surface area contributed by atoms with Crippen LogP contribution in [0.1, 0.15) is 0 Å². The van der Waals surface area contributed by atoms with E-state index in [0.29, 0.717) is 13.2 Å². The van der Waals surface area contributed by atoms with E-state index in [0.717, 1.165) is 11.5 Å². The average molecular weight is 242 g/mol. The molecule has 0 aromatic heterocycles. The smallest absolute Gasteiger partial charge is 0.161 e. The lowest BCUT2D eigenvalue weighted by atomic mass is 10.2. The molecule has 1 heterocycles. The molecule has 2 atom stereocenters. The van der Waals surface area contributed by atoms with Crippen LogP contribution in [0.4, 0.5) is 0 Å². The third-order valence-electron chi connectivity index (χ3n) is 2.34. The molecule has 88 valence electrons. The number of hydrogen-bond acceptors (Lipinski definition) is 5. The average Bonchev–Trinajstić information content (AvgIpc) is 2.28. The van der Waals surface area contributed by atoms with Crippen molar-refractivity contribution in [2.45, 2.75) is 6.10 Å². The van der Waals surface area contributed by atoms with Crippen molar-refractivity contribution in [3.05, 3.63) is 24.3 Å². The van der Waals surface area contributed by atoms with Crippen molar-refractivity contribution in [3.8, 4) is 11.5 Å². The normalized spacial score (nSPS) is 20.9. The zero-order valence-electron chi connectivity index (χ0n) is 8.96. The van der Waals surface area contributed by atoms with E-state index >= 15 is 0 Å². The number of likely N-dealkylation sites (N-methyl/N-ethyl adjacent to an activating group) is 1. The molecule has 2 N–H and O–H groups in total. The van der Waals surface area contributed by atoms with E-state index in [1.807, 2.05) is 24.3 Å². The van der Waals surface area contributed by atoms with Crippen molar-refractivity contribution < 1.29 is 14.0 Å². The number of ether oxygens (including phenoxy) is 2. The summed E-state index contributed by atoms with van der Waals surface area (Å²) >= 11 is -1.47. The van der Waals surface area contributed by atoms with Crippen LogP contribution in [-0.2, 0) is 11.5 Å². The molecule has 1 aromatic carbocycles. The van der Waals surface area contributed by atoms with Crippen molar-refractivity contribution in [3.63, 3.8) is 0 Å². The summed E-state index contributed by atoms with van der Waals surface area (Å²) in [5, 5.41) is 5.25. The lowest BCUT2D eigenvalue weighted by molar-refractivity contribution is 0.0798. The highest BCUT2D eigenvalue weighted by molar-refractivity contribution is 7.86. The number of rotatable bonds is 3. The molecule has 0 saturated heterocycles. The second-order valence-electron chi connectivity index (χ2n) is 3.58. The summed E-state index contributed by atoms with van der Waals surface area (Å²) in [6, 6.07) is 7.48. The molecule has 2 rings (SSSR count). The standard InChI is InChI=1S/C10H14N2O3S/c1-12(16(11)13)6-8-7-14-9-4-2-3-5-10(9)15-8/h2-5,8H,6-7,11H2,1H3. The van der Waals surface area contributed by atoms with E-state index in [1.54, 1.807) is 7.05 Å². The predicted octanol–water partition coefficient (Wildman–Crippen LogP) is 0.296. The Morgan fingerprint density at radius 2 is 2.19 bits per heavy atom. The van der Waals surface area contributed by atoms with Crippen molar-refractivity contribution in [2.24, 2.45) is 5.14 Å². The molecule has 1 aliphatic rings. The van der Waals surface area contributed by atoms with Crippen molar-refractivity contribution >= 4 is 11.5 Å². The lowest BCUT2D eigenvalue weighted by Crippen LogP contribution is -2.44. The fourth-order valence-electron chi connectivity index (χ4n) is 1.51. The van der Waals surface area contributed by atoms with Crippen LogP contribution in [0.15, 0.2) is 24.3 Å². The zero-order valence-corrected chi connectivity index (χ0v) is 9.78. The molecule has 0 radical (unpaired) electrons. The van der Waals surface area contributed by atoms with Crippen molar-refractivity contribution in [1.29, 1.82) is 0 Å². The molecule has 6 heteroatoms. The maximum atomic E-state index is 11.0. The molecule has 5 nitrogen and oxygen atoms in total. The third kappa shape index (κ3) is 2.59. The highest BCUT2D eigenvalue weighted by Gasteiger charge is 2.24. The summed E-state index contributed by atoms with van der Waals surface area (Å²) in [6.07, 6.45) is -0.146. The Balaban J connectivity index is 1.98. The minimum Gasteiger partial charge on any atom is -0.579 e. The molecule has 0 spiro atoms. The monoisotopic (exact) mass is 242 g/mol. The number of nitrogens with two attached hydrogens (primary N) is 1. The van der Waals surface area contributed by atoms with Crippen molar-refractivity contribution in [2.75, 3.05) is 20.2 Å². The minimum absolute atomic E-state index is 0.146. The molecular formula is C10H14N2O3S. The Hall–Kier alpha value is -0.950. The van der Waals surface area contributed by atoms with Crippen LogP contribution in [0.2, 0.25) is 0 Å². The molecule has 0 aliphatic carbocycles. The van der Waals surface area contributed by atoms with Gasteiger partial charge in [0.1, 0.15) is 24.3 Å². The van der Waals surface area contributed by atoms with Crippen LogP contribution in [0.3, 0.4) is 0 Å². The minimum atomic E-state index is -1.47. The Labute approximate surface area is 97.6 Å². The predicted molar refractivity (Wildman–Crippen MR) is 61.3 cm³/mol. The highest BCUT2D eigenvalue weighted by Crippen LogP contribution is 2.30. The number of para-hydroxylation sites is 2. The number of nitrogens with zero attached hydrogens (tertiary/aromatic N) is 1. The molecule has 2 unspecified atom stereocenters. The number of benzene rings is 1. The van der Waals surface area contributed by atoms with Gasteiger partial charge in [0.2, 0.25) is 0 Å². The van der Waals surface area contributed by atoms with E-state index in [9.17, 15) is 4.55 Å². The second kappa shape index (κ2) is 4.92. The molecule has 0 saturated carbocycles. The van der Waals surface area contributed by atoms with Gasteiger partial charge in [-0.2, -0.15) is 0 Å². The second-order valence-corrected chi connectivity index (χ2v) is 4.76. The highest BCUT2D eigenvalue weighted by atomic mass is 32.2. The molecule has 16 heavy (non-hydrogen) atoms. The summed E-state index contributed by atoms with van der Waals surface area (Å²) in [4.78, 5) is 0. The first-order valence-electron chi connectivity index (χ1n) is 4.92. The van der Waals surface area contributed by atoms with Crippen molar-refractivity contribution in [1.82, 2.24) is 4.31 Å². The third-order valence-corrected chi connectivity index (χ3v) is 3.10. The van der Waals surface area contributed by atoms with E-state index in [2.05, 4.69) is 0 Å². The quantitative estimate of drug-likeness (QED) is 0.772. The van der Waals surface area contributed by atoms with Crippen LogP contribution >= 0.6 is 0 Å². The summed E-state index contributed by atoms with van der Waals surface area (Å²) in [5.41, 5.74) is 0. The van der Waals surface area contributed by atoms with Gasteiger partial charge in [-0.25, -0.2) is 0 Å². The van der Waals surface area contributed by atoms with E-state index in [-0.39, 0.29) is 6.10 Å². The summed E-state index contributed by atoms with van der Waals surface area (Å²) in [7, 11) is 1.68. The van der Waals surface area contributed by atoms with Gasteiger partial charge >= 0.3 is 0 Å². The van der Waals surface area contributed by atoms with Crippen LogP contribution < -0.4 is 14.6 Å². The Morgan fingerprint density at radius 3 is 2.88 bits per heavy atom. The molecular weight excluding hydrogens is 228 g/mol. The van der Waals surface area contributed by atoms with Gasteiger partial charge < -0.3 is 14.0 Å². The molecule has 0 fully saturated rings. The fourth-order valence-corrected chi connectivity index (χ4v) is 1.83. The van der Waals surface area contributed by atoms with Crippen LogP contribution in [0.25, 0.3) is 0 Å². The largest absolute Gasteiger partial charge is 0.579 e. The van der Waals surface area contributed by atoms with Gasteiger partial charge in [-0.15, -0.1) is 9.44 Å². The summed E-state index contributed by atoms with van der Waals surface area (Å²) in [5.74, 6) is 1.46. The van der Waals surface area contributed by atoms with Crippen LogP contribution in [-0.4, -0.2) is 35.2 Å². The molecule has 0 amide bonds. The maximum absolute atomic E-state index is 11.0. The number of hydrogen-bond donors (Lipinski definition) is 1. The van der Waals surface area contributed by atoms with Gasteiger partial charge in [-0.3, -0.25) is 0 Å². The first-order chi connectivity index (χ1) is 7.66. The summed E-state index contributed by atoms with van der Waals surface area (Å²) in [6.45, 7) is 0.913. The lowest BCUT2D eigenvalue weighted by Gasteiger charge is -2.28. The van der Waals surface area contributed by atoms with Gasteiger partial charge in [0.15, 0.2) is 11.5 Å². The van der Waals surface area contributed by atoms with Gasteiger partial charge in [-0.1, -0.05) is 12.1 Å². The fraction of sp³-hybridized carbons (Fsp3) is 0.400. The Kier molecular flexibility index (Phi) is 3.55. The summed E-state index contributed by atoms with van der Waals surface area (Å²) < 4.78 is 23.7.